The standard InChI is InChI=1S/C14H23N5O/c1-20-13-4-2-3-12(11-13)19-9-7-18(8-10-19)6-5-17-14(15)16/h2-4,11H,5-10H2,1H3,(H4,15,16,17). The highest BCUT2D eigenvalue weighted by Gasteiger charge is 2.16. The molecule has 4 N–H and O–H groups in total. The first-order valence-electron chi connectivity index (χ1n) is 6.86. The van der Waals surface area contributed by atoms with Crippen LogP contribution in [0.1, 0.15) is 0 Å². The average molecular weight is 277 g/mol. The molecular formula is C14H23N5O. The fourth-order valence-electron chi connectivity index (χ4n) is 2.36. The Morgan fingerprint density at radius 1 is 1.25 bits per heavy atom. The minimum atomic E-state index is 0.167. The number of rotatable bonds is 5. The number of ether oxygens (including phenoxy) is 1. The Morgan fingerprint density at radius 3 is 2.65 bits per heavy atom. The lowest BCUT2D eigenvalue weighted by Crippen LogP contribution is -2.47. The highest BCUT2D eigenvalue weighted by Crippen LogP contribution is 2.21. The second kappa shape index (κ2) is 7.00. The van der Waals surface area contributed by atoms with Gasteiger partial charge >= 0.3 is 0 Å². The van der Waals surface area contributed by atoms with Crippen molar-refractivity contribution in [2.24, 2.45) is 16.5 Å². The number of hydrogen-bond donors (Lipinski definition) is 2. The van der Waals surface area contributed by atoms with Crippen LogP contribution in [0.2, 0.25) is 0 Å². The van der Waals surface area contributed by atoms with Gasteiger partial charge in [-0.05, 0) is 12.1 Å². The van der Waals surface area contributed by atoms with Gasteiger partial charge in [0.1, 0.15) is 5.75 Å². The van der Waals surface area contributed by atoms with E-state index < -0.39 is 0 Å². The summed E-state index contributed by atoms with van der Waals surface area (Å²) < 4.78 is 5.27. The van der Waals surface area contributed by atoms with Gasteiger partial charge in [0.2, 0.25) is 0 Å². The number of anilines is 1. The van der Waals surface area contributed by atoms with Crippen LogP contribution in [0.25, 0.3) is 0 Å². The van der Waals surface area contributed by atoms with Crippen molar-refractivity contribution in [1.82, 2.24) is 4.90 Å². The topological polar surface area (TPSA) is 80.1 Å². The van der Waals surface area contributed by atoms with E-state index in [0.29, 0.717) is 6.54 Å². The van der Waals surface area contributed by atoms with Crippen molar-refractivity contribution in [1.29, 1.82) is 0 Å². The molecule has 0 aromatic heterocycles. The Balaban J connectivity index is 1.83. The molecule has 0 amide bonds. The van der Waals surface area contributed by atoms with Crippen LogP contribution in [0.5, 0.6) is 5.75 Å². The van der Waals surface area contributed by atoms with Crippen molar-refractivity contribution in [3.8, 4) is 5.75 Å². The minimum Gasteiger partial charge on any atom is -0.497 e. The summed E-state index contributed by atoms with van der Waals surface area (Å²) in [6.45, 7) is 5.64. The Kier molecular flexibility index (Phi) is 5.06. The number of piperazine rings is 1. The summed E-state index contributed by atoms with van der Waals surface area (Å²) in [6, 6.07) is 8.20. The fourth-order valence-corrected chi connectivity index (χ4v) is 2.36. The summed E-state index contributed by atoms with van der Waals surface area (Å²) in [6.07, 6.45) is 0. The summed E-state index contributed by atoms with van der Waals surface area (Å²) in [5, 5.41) is 0. The molecule has 0 radical (unpaired) electrons. The Hall–Kier alpha value is -1.95. The van der Waals surface area contributed by atoms with Gasteiger partial charge in [0.05, 0.1) is 13.7 Å². The number of nitrogens with zero attached hydrogens (tertiary/aromatic N) is 3. The van der Waals surface area contributed by atoms with E-state index in [2.05, 4.69) is 26.9 Å². The number of nitrogens with two attached hydrogens (primary N) is 2. The molecule has 0 saturated carbocycles. The van der Waals surface area contributed by atoms with Gasteiger partial charge in [0.25, 0.3) is 0 Å². The van der Waals surface area contributed by atoms with E-state index in [-0.39, 0.29) is 5.96 Å². The maximum Gasteiger partial charge on any atom is 0.185 e. The molecule has 1 heterocycles. The van der Waals surface area contributed by atoms with Crippen molar-refractivity contribution in [2.75, 3.05) is 51.3 Å². The number of hydrogen-bond acceptors (Lipinski definition) is 4. The zero-order valence-electron chi connectivity index (χ0n) is 12.0. The average Bonchev–Trinajstić information content (AvgIpc) is 2.48. The van der Waals surface area contributed by atoms with Crippen LogP contribution in [0.4, 0.5) is 5.69 Å². The molecule has 6 nitrogen and oxygen atoms in total. The molecule has 1 aromatic rings. The van der Waals surface area contributed by atoms with Gasteiger partial charge in [0, 0.05) is 44.5 Å². The van der Waals surface area contributed by atoms with Gasteiger partial charge in [0.15, 0.2) is 5.96 Å². The molecule has 0 atom stereocenters. The molecule has 20 heavy (non-hydrogen) atoms. The van der Waals surface area contributed by atoms with E-state index in [4.69, 9.17) is 16.2 Å². The molecule has 1 aliphatic rings. The first-order valence-corrected chi connectivity index (χ1v) is 6.86. The SMILES string of the molecule is COc1cccc(N2CCN(CCN=C(N)N)CC2)c1. The van der Waals surface area contributed by atoms with Crippen LogP contribution in [0, 0.1) is 0 Å². The third kappa shape index (κ3) is 4.03. The number of aliphatic imine (C=N–C) groups is 1. The van der Waals surface area contributed by atoms with E-state index in [0.717, 1.165) is 38.5 Å². The van der Waals surface area contributed by atoms with Gasteiger partial charge in [-0.25, -0.2) is 0 Å². The van der Waals surface area contributed by atoms with Gasteiger partial charge in [-0.15, -0.1) is 0 Å². The molecule has 0 unspecified atom stereocenters. The van der Waals surface area contributed by atoms with Crippen LogP contribution in [0.3, 0.4) is 0 Å². The molecule has 1 saturated heterocycles. The number of guanidine groups is 1. The summed E-state index contributed by atoms with van der Waals surface area (Å²) >= 11 is 0. The predicted octanol–water partition coefficient (Wildman–Crippen LogP) is 0.0906. The lowest BCUT2D eigenvalue weighted by atomic mass is 10.2. The van der Waals surface area contributed by atoms with Crippen molar-refractivity contribution in [3.05, 3.63) is 24.3 Å². The van der Waals surface area contributed by atoms with E-state index in [1.54, 1.807) is 7.11 Å². The van der Waals surface area contributed by atoms with Gasteiger partial charge in [-0.1, -0.05) is 6.07 Å². The van der Waals surface area contributed by atoms with Crippen LogP contribution in [-0.2, 0) is 0 Å². The molecule has 1 aliphatic heterocycles. The molecule has 110 valence electrons. The van der Waals surface area contributed by atoms with Crippen molar-refractivity contribution >= 4 is 11.6 Å². The third-order valence-corrected chi connectivity index (χ3v) is 3.50. The molecule has 0 aliphatic carbocycles. The quantitative estimate of drug-likeness (QED) is 0.589. The van der Waals surface area contributed by atoms with E-state index in [1.165, 1.54) is 5.69 Å². The maximum atomic E-state index is 5.32. The molecule has 1 fully saturated rings. The monoisotopic (exact) mass is 277 g/mol. The van der Waals surface area contributed by atoms with Gasteiger partial charge in [-0.2, -0.15) is 0 Å². The van der Waals surface area contributed by atoms with Crippen molar-refractivity contribution in [2.45, 2.75) is 0 Å². The van der Waals surface area contributed by atoms with Crippen molar-refractivity contribution in [3.63, 3.8) is 0 Å². The Morgan fingerprint density at radius 2 is 2.00 bits per heavy atom. The highest BCUT2D eigenvalue weighted by molar-refractivity contribution is 5.75. The number of benzene rings is 1. The first kappa shape index (κ1) is 14.5. The van der Waals surface area contributed by atoms with Crippen LogP contribution in [-0.4, -0.2) is 57.2 Å². The highest BCUT2D eigenvalue weighted by atomic mass is 16.5. The van der Waals surface area contributed by atoms with Crippen molar-refractivity contribution < 1.29 is 4.74 Å². The zero-order chi connectivity index (χ0) is 14.4. The second-order valence-corrected chi connectivity index (χ2v) is 4.84. The number of methoxy groups -OCH3 is 1. The Labute approximate surface area is 120 Å². The summed E-state index contributed by atoms with van der Waals surface area (Å²) in [4.78, 5) is 8.77. The summed E-state index contributed by atoms with van der Waals surface area (Å²) in [7, 11) is 1.70. The summed E-state index contributed by atoms with van der Waals surface area (Å²) in [5.74, 6) is 1.07. The lowest BCUT2D eigenvalue weighted by Gasteiger charge is -2.35. The largest absolute Gasteiger partial charge is 0.497 e. The molecule has 6 heteroatoms. The molecule has 1 aromatic carbocycles. The molecular weight excluding hydrogens is 254 g/mol. The molecule has 0 bridgehead atoms. The summed E-state index contributed by atoms with van der Waals surface area (Å²) in [5.41, 5.74) is 11.9. The fraction of sp³-hybridized carbons (Fsp3) is 0.500. The first-order chi connectivity index (χ1) is 9.69. The Bertz CT molecular complexity index is 451. The smallest absolute Gasteiger partial charge is 0.185 e. The normalized spacial score (nSPS) is 15.9. The van der Waals surface area contributed by atoms with Gasteiger partial charge in [-0.3, -0.25) is 9.89 Å². The van der Waals surface area contributed by atoms with Crippen LogP contribution in [0.15, 0.2) is 29.3 Å². The predicted molar refractivity (Wildman–Crippen MR) is 82.3 cm³/mol. The molecule has 0 spiro atoms. The zero-order valence-corrected chi connectivity index (χ0v) is 12.0. The van der Waals surface area contributed by atoms with Gasteiger partial charge < -0.3 is 21.1 Å². The lowest BCUT2D eigenvalue weighted by molar-refractivity contribution is 0.265. The van der Waals surface area contributed by atoms with E-state index in [9.17, 15) is 0 Å². The van der Waals surface area contributed by atoms with E-state index in [1.807, 2.05) is 12.1 Å². The third-order valence-electron chi connectivity index (χ3n) is 3.50. The van der Waals surface area contributed by atoms with E-state index >= 15 is 0 Å². The van der Waals surface area contributed by atoms with Crippen LogP contribution < -0.4 is 21.1 Å². The minimum absolute atomic E-state index is 0.167. The van der Waals surface area contributed by atoms with Crippen LogP contribution >= 0.6 is 0 Å². The maximum absolute atomic E-state index is 5.32. The second-order valence-electron chi connectivity index (χ2n) is 4.84. The molecule has 2 rings (SSSR count).